The molecule has 0 unspecified atom stereocenters. The van der Waals surface area contributed by atoms with E-state index in [9.17, 15) is 0 Å². The third-order valence-electron chi connectivity index (χ3n) is 2.92. The van der Waals surface area contributed by atoms with Crippen molar-refractivity contribution in [3.05, 3.63) is 18.0 Å². The maximum Gasteiger partial charge on any atom is 0.225 e. The number of aromatic nitrogens is 2. The number of anilines is 1. The molecule has 1 aliphatic rings. The first-order valence-corrected chi connectivity index (χ1v) is 7.44. The molecule has 0 radical (unpaired) electrons. The van der Waals surface area contributed by atoms with Gasteiger partial charge in [-0.15, -0.1) is 0 Å². The molecule has 0 spiro atoms. The Hall–Kier alpha value is -1.16. The molecule has 2 rings (SSSR count). The third kappa shape index (κ3) is 6.01. The van der Waals surface area contributed by atoms with E-state index >= 15 is 0 Å². The number of nitrogens with zero attached hydrogens (tertiary/aromatic N) is 3. The van der Waals surface area contributed by atoms with E-state index in [0.717, 1.165) is 37.4 Å². The van der Waals surface area contributed by atoms with Crippen LogP contribution in [0.25, 0.3) is 0 Å². The topological polar surface area (TPSA) is 49.2 Å². The highest BCUT2D eigenvalue weighted by Crippen LogP contribution is 2.19. The monoisotopic (exact) mass is 267 g/mol. The van der Waals surface area contributed by atoms with Crippen molar-refractivity contribution >= 4 is 5.95 Å². The van der Waals surface area contributed by atoms with Crippen molar-refractivity contribution in [3.63, 3.8) is 0 Å². The Morgan fingerprint density at radius 3 is 2.00 bits per heavy atom. The molecule has 0 atom stereocenters. The number of aryl methyl sites for hydroxylation is 1. The smallest absolute Gasteiger partial charge is 0.225 e. The second-order valence-corrected chi connectivity index (χ2v) is 4.17. The first-order chi connectivity index (χ1) is 9.29. The number of piperidine rings is 1. The van der Waals surface area contributed by atoms with Crippen molar-refractivity contribution in [2.75, 3.05) is 24.6 Å². The summed E-state index contributed by atoms with van der Waals surface area (Å²) in [5.41, 5.74) is 1.09. The van der Waals surface area contributed by atoms with Gasteiger partial charge in [0.2, 0.25) is 5.95 Å². The zero-order valence-corrected chi connectivity index (χ0v) is 13.1. The second-order valence-electron chi connectivity index (χ2n) is 4.17. The van der Waals surface area contributed by atoms with Crippen LogP contribution in [0.3, 0.4) is 0 Å². The van der Waals surface area contributed by atoms with Crippen LogP contribution in [0.4, 0.5) is 5.95 Å². The fourth-order valence-electron chi connectivity index (χ4n) is 1.86. The quantitative estimate of drug-likeness (QED) is 0.894. The molecule has 1 aliphatic heterocycles. The van der Waals surface area contributed by atoms with Gasteiger partial charge in [0.05, 0.1) is 0 Å². The van der Waals surface area contributed by atoms with Gasteiger partial charge in [-0.3, -0.25) is 0 Å². The van der Waals surface area contributed by atoms with E-state index in [0.29, 0.717) is 12.5 Å². The zero-order chi connectivity index (χ0) is 14.7. The molecule has 1 fully saturated rings. The molecule has 1 aromatic rings. The predicted octanol–water partition coefficient (Wildman–Crippen LogP) is 3.05. The molecule has 0 saturated carbocycles. The number of aliphatic hydroxyl groups excluding tert-OH is 1. The third-order valence-corrected chi connectivity index (χ3v) is 2.92. The Kier molecular flexibility index (Phi) is 10.1. The average molecular weight is 267 g/mol. The summed E-state index contributed by atoms with van der Waals surface area (Å²) in [4.78, 5) is 10.8. The summed E-state index contributed by atoms with van der Waals surface area (Å²) in [6.45, 7) is 12.2. The number of hydrogen-bond donors (Lipinski definition) is 1. The molecule has 110 valence electrons. The van der Waals surface area contributed by atoms with E-state index in [2.05, 4.69) is 14.9 Å². The number of rotatable bonds is 2. The van der Waals surface area contributed by atoms with E-state index in [4.69, 9.17) is 5.11 Å². The molecule has 0 amide bonds. The molecule has 19 heavy (non-hydrogen) atoms. The molecule has 1 N–H and O–H groups in total. The summed E-state index contributed by atoms with van der Waals surface area (Å²) in [6, 6.07) is 0. The average Bonchev–Trinajstić information content (AvgIpc) is 2.52. The molecule has 1 aromatic heterocycles. The van der Waals surface area contributed by atoms with Gasteiger partial charge in [0.25, 0.3) is 0 Å². The van der Waals surface area contributed by atoms with Crippen molar-refractivity contribution in [2.24, 2.45) is 5.92 Å². The summed E-state index contributed by atoms with van der Waals surface area (Å²) in [7, 11) is 0. The first kappa shape index (κ1) is 17.8. The Morgan fingerprint density at radius 1 is 1.11 bits per heavy atom. The molecular formula is C15H29N3O. The largest absolute Gasteiger partial charge is 0.396 e. The van der Waals surface area contributed by atoms with E-state index in [1.807, 2.05) is 47.0 Å². The van der Waals surface area contributed by atoms with Crippen LogP contribution in [0.1, 0.15) is 46.1 Å². The van der Waals surface area contributed by atoms with Crippen molar-refractivity contribution in [1.29, 1.82) is 0 Å². The SMILES string of the molecule is CC.CC.Cc1cnc(N2CCC(CO)CC2)nc1. The first-order valence-electron chi connectivity index (χ1n) is 7.44. The lowest BCUT2D eigenvalue weighted by atomic mass is 9.98. The highest BCUT2D eigenvalue weighted by atomic mass is 16.3. The van der Waals surface area contributed by atoms with Gasteiger partial charge in [-0.05, 0) is 31.2 Å². The summed E-state index contributed by atoms with van der Waals surface area (Å²) in [5.74, 6) is 1.28. The molecular weight excluding hydrogens is 238 g/mol. The minimum absolute atomic E-state index is 0.308. The van der Waals surface area contributed by atoms with Crippen LogP contribution < -0.4 is 4.90 Å². The van der Waals surface area contributed by atoms with Crippen LogP contribution in [0, 0.1) is 12.8 Å². The van der Waals surface area contributed by atoms with E-state index < -0.39 is 0 Å². The zero-order valence-electron chi connectivity index (χ0n) is 13.1. The molecule has 0 aliphatic carbocycles. The van der Waals surface area contributed by atoms with Gasteiger partial charge < -0.3 is 10.0 Å². The maximum absolute atomic E-state index is 9.03. The van der Waals surface area contributed by atoms with E-state index in [-0.39, 0.29) is 0 Å². The van der Waals surface area contributed by atoms with Crippen LogP contribution in [0.15, 0.2) is 12.4 Å². The van der Waals surface area contributed by atoms with Gasteiger partial charge in [-0.25, -0.2) is 9.97 Å². The lowest BCUT2D eigenvalue weighted by molar-refractivity contribution is 0.202. The Bertz CT molecular complexity index is 306. The molecule has 4 nitrogen and oxygen atoms in total. The van der Waals surface area contributed by atoms with Gasteiger partial charge >= 0.3 is 0 Å². The molecule has 0 bridgehead atoms. The van der Waals surface area contributed by atoms with Crippen LogP contribution >= 0.6 is 0 Å². The fraction of sp³-hybridized carbons (Fsp3) is 0.733. The standard InChI is InChI=1S/C11H17N3O.2C2H6/c1-9-6-12-11(13-7-9)14-4-2-10(8-15)3-5-14;2*1-2/h6-7,10,15H,2-5,8H2,1H3;2*1-2H3. The lowest BCUT2D eigenvalue weighted by Crippen LogP contribution is -2.35. The lowest BCUT2D eigenvalue weighted by Gasteiger charge is -2.30. The second kappa shape index (κ2) is 10.7. The molecule has 4 heteroatoms. The highest BCUT2D eigenvalue weighted by molar-refractivity contribution is 5.30. The summed E-state index contributed by atoms with van der Waals surface area (Å²) in [6.07, 6.45) is 5.77. The van der Waals surface area contributed by atoms with Crippen LogP contribution in [0.5, 0.6) is 0 Å². The van der Waals surface area contributed by atoms with Crippen LogP contribution in [0.2, 0.25) is 0 Å². The molecule has 0 aromatic carbocycles. The Morgan fingerprint density at radius 2 is 1.58 bits per heavy atom. The van der Waals surface area contributed by atoms with Crippen molar-refractivity contribution in [2.45, 2.75) is 47.5 Å². The van der Waals surface area contributed by atoms with Gasteiger partial charge in [-0.2, -0.15) is 0 Å². The number of hydrogen-bond acceptors (Lipinski definition) is 4. The highest BCUT2D eigenvalue weighted by Gasteiger charge is 2.19. The summed E-state index contributed by atoms with van der Waals surface area (Å²) >= 11 is 0. The van der Waals surface area contributed by atoms with Crippen molar-refractivity contribution in [3.8, 4) is 0 Å². The summed E-state index contributed by atoms with van der Waals surface area (Å²) < 4.78 is 0. The molecule has 2 heterocycles. The van der Waals surface area contributed by atoms with E-state index in [1.165, 1.54) is 0 Å². The Labute approximate surface area is 117 Å². The van der Waals surface area contributed by atoms with Gasteiger partial charge in [0.15, 0.2) is 0 Å². The van der Waals surface area contributed by atoms with E-state index in [1.54, 1.807) is 0 Å². The van der Waals surface area contributed by atoms with Crippen LogP contribution in [-0.4, -0.2) is 34.8 Å². The van der Waals surface area contributed by atoms with Gasteiger partial charge in [-0.1, -0.05) is 27.7 Å². The predicted molar refractivity (Wildman–Crippen MR) is 81.5 cm³/mol. The number of aliphatic hydroxyl groups is 1. The fourth-order valence-corrected chi connectivity index (χ4v) is 1.86. The van der Waals surface area contributed by atoms with Gasteiger partial charge in [0.1, 0.15) is 0 Å². The maximum atomic E-state index is 9.03. The normalized spacial score (nSPS) is 14.9. The Balaban J connectivity index is 0.000000741. The van der Waals surface area contributed by atoms with Crippen LogP contribution in [-0.2, 0) is 0 Å². The van der Waals surface area contributed by atoms with Crippen molar-refractivity contribution < 1.29 is 5.11 Å². The van der Waals surface area contributed by atoms with Gasteiger partial charge in [0, 0.05) is 32.1 Å². The molecule has 1 saturated heterocycles. The minimum Gasteiger partial charge on any atom is -0.396 e. The summed E-state index contributed by atoms with van der Waals surface area (Å²) in [5, 5.41) is 9.03. The minimum atomic E-state index is 0.308. The van der Waals surface area contributed by atoms with Crippen molar-refractivity contribution in [1.82, 2.24) is 9.97 Å².